The van der Waals surface area contributed by atoms with Gasteiger partial charge >= 0.3 is 0 Å². The van der Waals surface area contributed by atoms with Crippen molar-refractivity contribution in [3.63, 3.8) is 0 Å². The molecule has 0 fully saturated rings. The van der Waals surface area contributed by atoms with Crippen molar-refractivity contribution >= 4 is 21.4 Å². The fraction of sp³-hybridized carbons (Fsp3) is 0.222. The van der Waals surface area contributed by atoms with Crippen LogP contribution in [0, 0.1) is 6.92 Å². The minimum absolute atomic E-state index is 0.226. The largest absolute Gasteiger partial charge is 0.496 e. The van der Waals surface area contributed by atoms with Gasteiger partial charge in [0.25, 0.3) is 0 Å². The number of thiophene rings is 1. The molecule has 1 N–H and O–H groups in total. The number of allylic oxidation sites excluding steroid dienone is 2. The van der Waals surface area contributed by atoms with Gasteiger partial charge in [-0.1, -0.05) is 36.4 Å². The molecule has 1 unspecified atom stereocenters. The third-order valence-electron chi connectivity index (χ3n) is 3.31. The van der Waals surface area contributed by atoms with E-state index in [1.54, 1.807) is 36.4 Å². The highest BCUT2D eigenvalue weighted by Gasteiger charge is 2.26. The van der Waals surface area contributed by atoms with Crippen molar-refractivity contribution in [1.82, 2.24) is 4.72 Å². The Hall–Kier alpha value is -1.89. The lowest BCUT2D eigenvalue weighted by molar-refractivity contribution is 0.206. The first kappa shape index (κ1) is 18.4. The zero-order valence-corrected chi connectivity index (χ0v) is 15.4. The average Bonchev–Trinajstić information content (AvgIpc) is 3.07. The zero-order valence-electron chi connectivity index (χ0n) is 13.7. The predicted molar refractivity (Wildman–Crippen MR) is 98.5 cm³/mol. The van der Waals surface area contributed by atoms with Gasteiger partial charge in [-0.2, -0.15) is 4.72 Å². The van der Waals surface area contributed by atoms with Crippen molar-refractivity contribution in [2.24, 2.45) is 0 Å². The summed E-state index contributed by atoms with van der Waals surface area (Å²) in [5.74, 6) is 0.519. The van der Waals surface area contributed by atoms with Crippen molar-refractivity contribution in [3.8, 4) is 0 Å². The first-order chi connectivity index (χ1) is 11.5. The van der Waals surface area contributed by atoms with E-state index in [-0.39, 0.29) is 4.90 Å². The van der Waals surface area contributed by atoms with E-state index in [1.807, 2.05) is 31.4 Å². The maximum atomic E-state index is 12.7. The van der Waals surface area contributed by atoms with Crippen molar-refractivity contribution in [2.75, 3.05) is 6.61 Å². The summed E-state index contributed by atoms with van der Waals surface area (Å²) in [4.78, 5) is 1.08. The number of sulfonamides is 1. The monoisotopic (exact) mass is 363 g/mol. The van der Waals surface area contributed by atoms with E-state index in [0.717, 1.165) is 10.4 Å². The van der Waals surface area contributed by atoms with E-state index in [2.05, 4.69) is 11.3 Å². The second kappa shape index (κ2) is 8.28. The van der Waals surface area contributed by atoms with Crippen LogP contribution >= 0.6 is 11.3 Å². The summed E-state index contributed by atoms with van der Waals surface area (Å²) in [6.07, 6.45) is 3.28. The Kier molecular flexibility index (Phi) is 6.36. The standard InChI is InChI=1S/C18H21NO3S2/c1-4-7-16(22-5-2)18(17-8-6-13-23-17)19-24(20,21)15-11-9-14(3)10-12-15/h4,6-13,18-19H,1,5H2,2-3H3/b16-7+. The zero-order chi connectivity index (χ0) is 17.6. The van der Waals surface area contributed by atoms with E-state index in [9.17, 15) is 8.42 Å². The van der Waals surface area contributed by atoms with Gasteiger partial charge in [-0.05, 0) is 43.5 Å². The minimum Gasteiger partial charge on any atom is -0.496 e. The molecule has 0 radical (unpaired) electrons. The molecule has 24 heavy (non-hydrogen) atoms. The Morgan fingerprint density at radius 1 is 1.33 bits per heavy atom. The van der Waals surface area contributed by atoms with E-state index in [0.29, 0.717) is 12.4 Å². The highest BCUT2D eigenvalue weighted by atomic mass is 32.2. The number of hydrogen-bond acceptors (Lipinski definition) is 4. The number of hydrogen-bond donors (Lipinski definition) is 1. The van der Waals surface area contributed by atoms with Gasteiger partial charge in [-0.15, -0.1) is 11.3 Å². The van der Waals surface area contributed by atoms with Gasteiger partial charge < -0.3 is 4.74 Å². The molecular formula is C18H21NO3S2. The molecule has 1 heterocycles. The highest BCUT2D eigenvalue weighted by molar-refractivity contribution is 7.89. The fourth-order valence-electron chi connectivity index (χ4n) is 2.16. The molecule has 0 saturated carbocycles. The van der Waals surface area contributed by atoms with Gasteiger partial charge in [0.1, 0.15) is 11.8 Å². The van der Waals surface area contributed by atoms with Crippen molar-refractivity contribution < 1.29 is 13.2 Å². The first-order valence-corrected chi connectivity index (χ1v) is 9.92. The van der Waals surface area contributed by atoms with Crippen molar-refractivity contribution in [2.45, 2.75) is 24.8 Å². The lowest BCUT2D eigenvalue weighted by Crippen LogP contribution is -2.30. The number of benzene rings is 1. The molecule has 1 atom stereocenters. The van der Waals surface area contributed by atoms with Crippen LogP contribution in [0.2, 0.25) is 0 Å². The lowest BCUT2D eigenvalue weighted by Gasteiger charge is -2.21. The van der Waals surface area contributed by atoms with Gasteiger partial charge in [0.05, 0.1) is 11.5 Å². The van der Waals surface area contributed by atoms with Crippen LogP contribution in [0.15, 0.2) is 71.2 Å². The maximum Gasteiger partial charge on any atom is 0.241 e. The molecule has 2 aromatic rings. The van der Waals surface area contributed by atoms with E-state index in [4.69, 9.17) is 4.74 Å². The normalized spacial score (nSPS) is 13.5. The number of ether oxygens (including phenoxy) is 1. The molecule has 1 aromatic carbocycles. The Morgan fingerprint density at radius 2 is 2.04 bits per heavy atom. The number of aryl methyl sites for hydroxylation is 1. The molecular weight excluding hydrogens is 342 g/mol. The molecule has 0 spiro atoms. The van der Waals surface area contributed by atoms with E-state index >= 15 is 0 Å². The summed E-state index contributed by atoms with van der Waals surface area (Å²) >= 11 is 1.47. The van der Waals surface area contributed by atoms with Crippen LogP contribution in [0.3, 0.4) is 0 Å². The van der Waals surface area contributed by atoms with Crippen LogP contribution in [0.25, 0.3) is 0 Å². The molecule has 4 nitrogen and oxygen atoms in total. The Balaban J connectivity index is 2.39. The molecule has 0 saturated heterocycles. The summed E-state index contributed by atoms with van der Waals surface area (Å²) in [6, 6.07) is 9.92. The lowest BCUT2D eigenvalue weighted by atomic mass is 10.2. The summed E-state index contributed by atoms with van der Waals surface area (Å²) in [5, 5.41) is 1.90. The van der Waals surface area contributed by atoms with Crippen LogP contribution in [-0.2, 0) is 14.8 Å². The van der Waals surface area contributed by atoms with Gasteiger partial charge in [0, 0.05) is 4.88 Å². The molecule has 1 aromatic heterocycles. The Morgan fingerprint density at radius 3 is 2.58 bits per heavy atom. The van der Waals surface area contributed by atoms with Gasteiger partial charge in [0.15, 0.2) is 0 Å². The van der Waals surface area contributed by atoms with Gasteiger partial charge in [0.2, 0.25) is 10.0 Å². The molecule has 0 aliphatic rings. The SMILES string of the molecule is C=C/C=C(/OCC)C(NS(=O)(=O)c1ccc(C)cc1)c1cccs1. The number of rotatable bonds is 8. The minimum atomic E-state index is -3.68. The second-order valence-corrected chi connectivity index (χ2v) is 7.81. The average molecular weight is 364 g/mol. The Labute approximate surface area is 147 Å². The topological polar surface area (TPSA) is 55.4 Å². The fourth-order valence-corrected chi connectivity index (χ4v) is 4.20. The quantitative estimate of drug-likeness (QED) is 0.565. The third kappa shape index (κ3) is 4.56. The summed E-state index contributed by atoms with van der Waals surface area (Å²) in [6.45, 7) is 7.89. The number of nitrogens with one attached hydrogen (secondary N) is 1. The van der Waals surface area contributed by atoms with Crippen LogP contribution in [0.5, 0.6) is 0 Å². The third-order valence-corrected chi connectivity index (χ3v) is 5.69. The molecule has 0 bridgehead atoms. The molecule has 0 aliphatic carbocycles. The molecule has 6 heteroatoms. The summed E-state index contributed by atoms with van der Waals surface area (Å²) in [7, 11) is -3.68. The van der Waals surface area contributed by atoms with Crippen LogP contribution in [0.1, 0.15) is 23.4 Å². The van der Waals surface area contributed by atoms with E-state index in [1.165, 1.54) is 11.3 Å². The molecule has 0 aliphatic heterocycles. The van der Waals surface area contributed by atoms with Crippen LogP contribution in [0.4, 0.5) is 0 Å². The molecule has 128 valence electrons. The van der Waals surface area contributed by atoms with Crippen molar-refractivity contribution in [1.29, 1.82) is 0 Å². The highest BCUT2D eigenvalue weighted by Crippen LogP contribution is 2.29. The second-order valence-electron chi connectivity index (χ2n) is 5.12. The predicted octanol–water partition coefficient (Wildman–Crippen LogP) is 4.18. The first-order valence-electron chi connectivity index (χ1n) is 7.55. The molecule has 2 rings (SSSR count). The maximum absolute atomic E-state index is 12.7. The van der Waals surface area contributed by atoms with Crippen LogP contribution < -0.4 is 4.72 Å². The Bertz CT molecular complexity index is 791. The van der Waals surface area contributed by atoms with Crippen LogP contribution in [-0.4, -0.2) is 15.0 Å². The summed E-state index contributed by atoms with van der Waals surface area (Å²) < 4.78 is 33.9. The van der Waals surface area contributed by atoms with Gasteiger partial charge in [-0.3, -0.25) is 0 Å². The van der Waals surface area contributed by atoms with E-state index < -0.39 is 16.1 Å². The van der Waals surface area contributed by atoms with Gasteiger partial charge in [-0.25, -0.2) is 8.42 Å². The molecule has 0 amide bonds. The smallest absolute Gasteiger partial charge is 0.241 e. The summed E-state index contributed by atoms with van der Waals surface area (Å²) in [5.41, 5.74) is 1.00. The van der Waals surface area contributed by atoms with Crippen molar-refractivity contribution in [3.05, 3.63) is 76.7 Å².